The van der Waals surface area contributed by atoms with Gasteiger partial charge in [-0.15, -0.1) is 0 Å². The lowest BCUT2D eigenvalue weighted by atomic mass is 10.1. The number of alkyl halides is 3. The average Bonchev–Trinajstić information content (AvgIpc) is 3.09. The number of aromatic nitrogens is 2. The zero-order chi connectivity index (χ0) is 18.9. The van der Waals surface area contributed by atoms with Crippen molar-refractivity contribution in [2.24, 2.45) is 0 Å². The number of hydrogen-bond acceptors (Lipinski definition) is 3. The Bertz CT molecular complexity index is 842. The van der Waals surface area contributed by atoms with Gasteiger partial charge in [-0.05, 0) is 36.8 Å². The van der Waals surface area contributed by atoms with Crippen molar-refractivity contribution in [3.8, 4) is 0 Å². The van der Waals surface area contributed by atoms with Gasteiger partial charge >= 0.3 is 6.18 Å². The lowest BCUT2D eigenvalue weighted by molar-refractivity contribution is -0.172. The summed E-state index contributed by atoms with van der Waals surface area (Å²) in [6.07, 6.45) is -2.34. The molecule has 0 radical (unpaired) electrons. The summed E-state index contributed by atoms with van der Waals surface area (Å²) in [5, 5.41) is 6.28. The van der Waals surface area contributed by atoms with Gasteiger partial charge in [0.15, 0.2) is 6.04 Å². The number of anilines is 2. The van der Waals surface area contributed by atoms with Gasteiger partial charge in [-0.2, -0.15) is 18.3 Å². The maximum Gasteiger partial charge on any atom is 0.410 e. The third-order valence-electron chi connectivity index (χ3n) is 4.06. The Morgan fingerprint density at radius 2 is 1.92 bits per heavy atom. The molecule has 0 fully saturated rings. The largest absolute Gasteiger partial charge is 0.410 e. The lowest BCUT2D eigenvalue weighted by Gasteiger charge is -2.33. The quantitative estimate of drug-likeness (QED) is 0.851. The number of nitrogens with zero attached hydrogens (tertiary/aromatic N) is 3. The van der Waals surface area contributed by atoms with Gasteiger partial charge < -0.3 is 5.32 Å². The Hall–Kier alpha value is -3.10. The molecule has 1 aliphatic rings. The van der Waals surface area contributed by atoms with Crippen molar-refractivity contribution in [2.75, 3.05) is 16.8 Å². The summed E-state index contributed by atoms with van der Waals surface area (Å²) >= 11 is 0. The highest BCUT2D eigenvalue weighted by atomic mass is 19.4. The maximum absolute atomic E-state index is 13.1. The molecular formula is C17H15F3N4O2. The predicted molar refractivity (Wildman–Crippen MR) is 88.9 cm³/mol. The Kier molecular flexibility index (Phi) is 4.54. The smallest absolute Gasteiger partial charge is 0.323 e. The Morgan fingerprint density at radius 3 is 2.54 bits per heavy atom. The molecule has 0 saturated carbocycles. The van der Waals surface area contributed by atoms with Crippen LogP contribution in [0.25, 0.3) is 0 Å². The minimum absolute atomic E-state index is 0.0658. The monoisotopic (exact) mass is 364 g/mol. The van der Waals surface area contributed by atoms with Gasteiger partial charge in [0.25, 0.3) is 5.91 Å². The number of fused-ring (bicyclic) bond motifs is 1. The lowest BCUT2D eigenvalue weighted by Crippen LogP contribution is -2.43. The van der Waals surface area contributed by atoms with Crippen molar-refractivity contribution in [1.29, 1.82) is 0 Å². The van der Waals surface area contributed by atoms with Crippen molar-refractivity contribution < 1.29 is 22.8 Å². The van der Waals surface area contributed by atoms with E-state index in [1.54, 1.807) is 0 Å². The molecule has 0 saturated heterocycles. The number of nitrogens with one attached hydrogen (secondary N) is 1. The van der Waals surface area contributed by atoms with Crippen LogP contribution in [0.2, 0.25) is 0 Å². The molecule has 2 aromatic rings. The number of carbonyl (C=O) groups is 2. The van der Waals surface area contributed by atoms with Crippen LogP contribution in [0.5, 0.6) is 0 Å². The zero-order valence-corrected chi connectivity index (χ0v) is 13.5. The normalized spacial score (nSPS) is 16.7. The van der Waals surface area contributed by atoms with Crippen LogP contribution in [0.15, 0.2) is 49.2 Å². The van der Waals surface area contributed by atoms with Gasteiger partial charge in [-0.25, -0.2) is 4.68 Å². The van der Waals surface area contributed by atoms with Crippen molar-refractivity contribution in [3.63, 3.8) is 0 Å². The Labute approximate surface area is 146 Å². The standard InChI is InChI=1S/C17H15F3N4O2/c1-2-14(25)22-12-5-3-11(4-6-12)16(26)23-10-8-13(17(18,19)20)24-15(23)7-9-21-24/h2-7,9,13H,1,8,10H2,(H,22,25). The molecule has 1 aromatic carbocycles. The molecule has 3 rings (SSSR count). The van der Waals surface area contributed by atoms with Crippen molar-refractivity contribution >= 4 is 23.3 Å². The number of halogens is 3. The van der Waals surface area contributed by atoms with E-state index in [4.69, 9.17) is 0 Å². The van der Waals surface area contributed by atoms with Gasteiger partial charge in [0.2, 0.25) is 5.91 Å². The van der Waals surface area contributed by atoms with Crippen LogP contribution in [0.1, 0.15) is 22.8 Å². The second-order valence-corrected chi connectivity index (χ2v) is 5.71. The Balaban J connectivity index is 1.82. The highest BCUT2D eigenvalue weighted by Crippen LogP contribution is 2.39. The number of carbonyl (C=O) groups excluding carboxylic acids is 2. The first-order chi connectivity index (χ1) is 12.3. The number of benzene rings is 1. The van der Waals surface area contributed by atoms with Crippen LogP contribution in [-0.2, 0) is 4.79 Å². The molecule has 136 valence electrons. The zero-order valence-electron chi connectivity index (χ0n) is 13.5. The average molecular weight is 364 g/mol. The summed E-state index contributed by atoms with van der Waals surface area (Å²) in [7, 11) is 0. The molecule has 0 aliphatic carbocycles. The van der Waals surface area contributed by atoms with E-state index in [0.29, 0.717) is 11.3 Å². The van der Waals surface area contributed by atoms with Crippen molar-refractivity contribution in [2.45, 2.75) is 18.6 Å². The van der Waals surface area contributed by atoms with E-state index in [1.807, 2.05) is 0 Å². The molecule has 2 heterocycles. The van der Waals surface area contributed by atoms with E-state index >= 15 is 0 Å². The predicted octanol–water partition coefficient (Wildman–Crippen LogP) is 3.16. The van der Waals surface area contributed by atoms with Gasteiger partial charge in [0, 0.05) is 23.9 Å². The first-order valence-electron chi connectivity index (χ1n) is 7.77. The fraction of sp³-hybridized carbons (Fsp3) is 0.235. The molecule has 26 heavy (non-hydrogen) atoms. The van der Waals surface area contributed by atoms with E-state index in [1.165, 1.54) is 41.4 Å². The summed E-state index contributed by atoms with van der Waals surface area (Å²) in [5.74, 6) is -0.719. The van der Waals surface area contributed by atoms with E-state index in [2.05, 4.69) is 17.0 Å². The highest BCUT2D eigenvalue weighted by Gasteiger charge is 2.45. The number of rotatable bonds is 3. The Morgan fingerprint density at radius 1 is 1.23 bits per heavy atom. The molecule has 1 N–H and O–H groups in total. The van der Waals surface area contributed by atoms with Crippen LogP contribution >= 0.6 is 0 Å². The molecular weight excluding hydrogens is 349 g/mol. The van der Waals surface area contributed by atoms with E-state index in [-0.39, 0.29) is 24.7 Å². The molecule has 1 unspecified atom stereocenters. The summed E-state index contributed by atoms with van der Waals surface area (Å²) in [4.78, 5) is 25.2. The molecule has 1 atom stereocenters. The fourth-order valence-corrected chi connectivity index (χ4v) is 2.80. The van der Waals surface area contributed by atoms with E-state index in [9.17, 15) is 22.8 Å². The molecule has 1 aliphatic heterocycles. The summed E-state index contributed by atoms with van der Waals surface area (Å²) in [5.41, 5.74) is 0.770. The van der Waals surface area contributed by atoms with Crippen LogP contribution in [0, 0.1) is 0 Å². The number of amides is 2. The first-order valence-corrected chi connectivity index (χ1v) is 7.77. The first kappa shape index (κ1) is 17.7. The molecule has 0 bridgehead atoms. The van der Waals surface area contributed by atoms with Gasteiger partial charge in [0.1, 0.15) is 5.82 Å². The van der Waals surface area contributed by atoms with Gasteiger partial charge in [-0.1, -0.05) is 6.58 Å². The topological polar surface area (TPSA) is 67.2 Å². The van der Waals surface area contributed by atoms with Crippen molar-refractivity contribution in [3.05, 3.63) is 54.7 Å². The summed E-state index contributed by atoms with van der Waals surface area (Å²) < 4.78 is 40.2. The fourth-order valence-electron chi connectivity index (χ4n) is 2.80. The minimum Gasteiger partial charge on any atom is -0.323 e. The molecule has 9 heteroatoms. The SMILES string of the molecule is C=CC(=O)Nc1ccc(C(=O)N2CCC(C(F)(F)F)n3nccc32)cc1. The molecule has 6 nitrogen and oxygen atoms in total. The molecule has 0 spiro atoms. The summed E-state index contributed by atoms with van der Waals surface area (Å²) in [6.45, 7) is 3.28. The third-order valence-corrected chi connectivity index (χ3v) is 4.06. The van der Waals surface area contributed by atoms with Crippen LogP contribution in [-0.4, -0.2) is 34.3 Å². The van der Waals surface area contributed by atoms with Gasteiger partial charge in [0.05, 0.1) is 6.20 Å². The molecule has 1 aromatic heterocycles. The maximum atomic E-state index is 13.1. The van der Waals surface area contributed by atoms with Crippen LogP contribution in [0.3, 0.4) is 0 Å². The van der Waals surface area contributed by atoms with Crippen LogP contribution in [0.4, 0.5) is 24.7 Å². The molecule has 2 amide bonds. The van der Waals surface area contributed by atoms with E-state index in [0.717, 1.165) is 10.8 Å². The van der Waals surface area contributed by atoms with Crippen LogP contribution < -0.4 is 10.2 Å². The summed E-state index contributed by atoms with van der Waals surface area (Å²) in [6, 6.07) is 5.71. The highest BCUT2D eigenvalue weighted by molar-refractivity contribution is 6.06. The minimum atomic E-state index is -4.43. The second kappa shape index (κ2) is 6.66. The van der Waals surface area contributed by atoms with Gasteiger partial charge in [-0.3, -0.25) is 14.5 Å². The van der Waals surface area contributed by atoms with Crippen molar-refractivity contribution in [1.82, 2.24) is 9.78 Å². The number of hydrogen-bond donors (Lipinski definition) is 1. The van der Waals surface area contributed by atoms with E-state index < -0.39 is 18.1 Å². The second-order valence-electron chi connectivity index (χ2n) is 5.71. The third kappa shape index (κ3) is 3.32.